The lowest BCUT2D eigenvalue weighted by atomic mass is 9.96. The molecule has 5 N–H and O–H groups in total. The first kappa shape index (κ1) is 92.8. The van der Waals surface area contributed by atoms with Crippen LogP contribution < -0.4 is 10.6 Å². The Balaban J connectivity index is 0.00000101. The second kappa shape index (κ2) is 54.5. The number of thioether (sulfide) groups is 4. The highest BCUT2D eigenvalue weighted by Crippen LogP contribution is 2.41. The number of hydrogen-bond donors (Lipinski definition) is 5. The van der Waals surface area contributed by atoms with Crippen molar-refractivity contribution in [1.82, 2.24) is 10.6 Å². The van der Waals surface area contributed by atoms with Crippen molar-refractivity contribution in [2.24, 2.45) is 0 Å². The number of thiocarbonyl (C=S) groups is 1. The molecule has 0 aliphatic carbocycles. The van der Waals surface area contributed by atoms with Gasteiger partial charge in [-0.2, -0.15) is 0 Å². The fourth-order valence-electron chi connectivity index (χ4n) is 9.71. The lowest BCUT2D eigenvalue weighted by Crippen LogP contribution is -2.66. The number of aliphatic hydroxyl groups excluding tert-OH is 3. The average molecular weight is 1500 g/mol. The number of aliphatic hydroxyl groups is 3. The number of carbonyl (C=O) groups is 9. The first-order valence-corrected chi connectivity index (χ1v) is 37.6. The number of hydrogen-bond acceptors (Lipinski definition) is 28. The molecule has 2 fully saturated rings. The SMILES string of the molecule is [C-]#[N+]C(C)(CCC(=O)CCCOCCOCC(=O)CCCCCCO[C@@H]1O[C@H](CO)[C@H](O)[C@H](O)[C@H]1NC(C)=O)SC(=S)SCC.[C-]#[N+]C(C)(CCC(=O)CCCOCCOCC(=O)CCCCCCO[C@@H]1O[C@H](COC(C)=O)[C@H](OC(C)=O)[C@H](OC(C)=O)[C@H]1NC(C)=O)SC(=C)SCC. The summed E-state index contributed by atoms with van der Waals surface area (Å²) < 4.78 is 62.5. The molecule has 0 spiro atoms. The number of esters is 3. The van der Waals surface area contributed by atoms with Crippen molar-refractivity contribution in [2.45, 2.75) is 249 Å². The molecule has 2 saturated heterocycles. The monoisotopic (exact) mass is 1500 g/mol. The summed E-state index contributed by atoms with van der Waals surface area (Å²) in [5.41, 5.74) is 0. The lowest BCUT2D eigenvalue weighted by Gasteiger charge is -2.44. The number of nitrogens with one attached hydrogen (secondary N) is 2. The van der Waals surface area contributed by atoms with E-state index >= 15 is 0 Å². The number of rotatable bonds is 53. The van der Waals surface area contributed by atoms with Gasteiger partial charge in [-0.25, -0.2) is 13.1 Å². The molecule has 99 heavy (non-hydrogen) atoms. The van der Waals surface area contributed by atoms with Crippen molar-refractivity contribution >= 4 is 116 Å². The Morgan fingerprint density at radius 2 is 0.960 bits per heavy atom. The number of carbonyl (C=O) groups excluding carboxylic acids is 9. The Bertz CT molecular complexity index is 2560. The van der Waals surface area contributed by atoms with Crippen LogP contribution in [0.3, 0.4) is 0 Å². The first-order chi connectivity index (χ1) is 47.1. The van der Waals surface area contributed by atoms with Crippen LogP contribution in [0, 0.1) is 13.1 Å². The highest BCUT2D eigenvalue weighted by Gasteiger charge is 2.51. The van der Waals surface area contributed by atoms with Gasteiger partial charge in [0.05, 0.1) is 33.0 Å². The smallest absolute Gasteiger partial charge is 0.303 e. The highest BCUT2D eigenvalue weighted by molar-refractivity contribution is 8.47. The van der Waals surface area contributed by atoms with E-state index in [0.717, 1.165) is 45.0 Å². The molecule has 32 heteroatoms. The molecule has 2 heterocycles. The molecule has 2 aliphatic rings. The molecule has 0 radical (unpaired) electrons. The Kier molecular flexibility index (Phi) is 51.0. The van der Waals surface area contributed by atoms with Gasteiger partial charge in [-0.3, -0.25) is 52.8 Å². The summed E-state index contributed by atoms with van der Waals surface area (Å²) in [6.45, 7) is 34.5. The Labute approximate surface area is 606 Å². The van der Waals surface area contributed by atoms with Gasteiger partial charge in [0, 0.05) is 130 Å². The van der Waals surface area contributed by atoms with Gasteiger partial charge in [0.25, 0.3) is 9.74 Å². The number of ether oxygens (including phenoxy) is 11. The molecule has 12 atom stereocenters. The molecule has 0 saturated carbocycles. The Morgan fingerprint density at radius 1 is 0.525 bits per heavy atom. The average Bonchev–Trinajstić information content (AvgIpc) is 0.793. The van der Waals surface area contributed by atoms with Crippen LogP contribution in [0.1, 0.15) is 178 Å². The number of Topliss-reactive ketones (excluding diaryl/α,β-unsaturated/α-hetero) is 4. The predicted molar refractivity (Wildman–Crippen MR) is 381 cm³/mol. The third kappa shape index (κ3) is 43.5. The molecule has 2 unspecified atom stereocenters. The molecule has 564 valence electrons. The summed E-state index contributed by atoms with van der Waals surface area (Å²) >= 11 is 11.2. The van der Waals surface area contributed by atoms with Crippen molar-refractivity contribution in [3.63, 3.8) is 0 Å². The van der Waals surface area contributed by atoms with Crippen molar-refractivity contribution < 1.29 is 111 Å². The van der Waals surface area contributed by atoms with Gasteiger partial charge in [0.15, 0.2) is 36.4 Å². The summed E-state index contributed by atoms with van der Waals surface area (Å²) in [6, 6.07) is -1.99. The van der Waals surface area contributed by atoms with E-state index in [1.54, 1.807) is 11.8 Å². The zero-order valence-corrected chi connectivity index (χ0v) is 63.1. The third-order valence-corrected chi connectivity index (χ3v) is 19.6. The lowest BCUT2D eigenvalue weighted by molar-refractivity contribution is -0.277. The third-order valence-electron chi connectivity index (χ3n) is 14.8. The van der Waals surface area contributed by atoms with Crippen LogP contribution in [0.4, 0.5) is 0 Å². The van der Waals surface area contributed by atoms with Gasteiger partial charge in [0.2, 0.25) is 11.8 Å². The van der Waals surface area contributed by atoms with Gasteiger partial charge in [-0.15, -0.1) is 23.5 Å². The van der Waals surface area contributed by atoms with Crippen LogP contribution in [0.2, 0.25) is 0 Å². The summed E-state index contributed by atoms with van der Waals surface area (Å²) in [5.74, 6) is -0.919. The van der Waals surface area contributed by atoms with Gasteiger partial charge < -0.3 is 78.1 Å². The van der Waals surface area contributed by atoms with Crippen LogP contribution in [-0.2, 0) is 95.3 Å². The maximum Gasteiger partial charge on any atom is 0.303 e. The van der Waals surface area contributed by atoms with E-state index in [4.69, 9.17) is 77.5 Å². The summed E-state index contributed by atoms with van der Waals surface area (Å²) in [4.78, 5) is 114. The van der Waals surface area contributed by atoms with Crippen LogP contribution in [0.25, 0.3) is 9.69 Å². The fraction of sp³-hybridized carbons (Fsp3) is 0.791. The van der Waals surface area contributed by atoms with E-state index in [1.165, 1.54) is 69.9 Å². The molecule has 0 aromatic heterocycles. The van der Waals surface area contributed by atoms with Crippen molar-refractivity contribution in [2.75, 3.05) is 90.8 Å². The standard InChI is InChI=1S/C37H58N2O13S2.C30H50N2O10S3/c1-9-53-29(6)54-37(7,38-8)18-17-30(44)16-14-19-46-21-22-47-23-31(45)15-12-10-11-13-20-48-36-33(39-25(2)40)35(51-28(5)43)34(50-27(4)42)32(52-36)24-49-26(3)41;1-5-44-29(43)45-30(3,31-4)14-13-22(35)12-10-15-39-17-18-40-20-23(36)11-8-6-7-9-16-41-28-25(32-21(2)34)27(38)26(37)24(19-33)42-28/h32-36H,6,9-24H2,1-5,7H3,(H,39,40);24-28,33,37-38H,5-20H2,1-3H3,(H,32,34)/t32-,33-,34+,35-,36-,37?;24-,25-,26+,27-,28-,30?/m11/s1. The molecular weight excluding hydrogens is 1390 g/mol. The normalized spacial score (nSPS) is 21.5. The molecule has 0 aromatic carbocycles. The van der Waals surface area contributed by atoms with E-state index in [-0.39, 0.29) is 62.8 Å². The quantitative estimate of drug-likeness (QED) is 0.0127. The predicted octanol–water partition coefficient (Wildman–Crippen LogP) is 7.97. The molecule has 2 rings (SSSR count). The van der Waals surface area contributed by atoms with Gasteiger partial charge in [-0.05, 0) is 73.6 Å². The molecular formula is C67H108N4O23S5. The summed E-state index contributed by atoms with van der Waals surface area (Å²) in [7, 11) is 0. The molecule has 2 amide bonds. The minimum absolute atomic E-state index is 0.00631. The maximum atomic E-state index is 12.3. The number of ketones is 4. The van der Waals surface area contributed by atoms with Crippen LogP contribution in [-0.4, -0.2) is 234 Å². The topological polar surface area (TPSA) is 349 Å². The van der Waals surface area contributed by atoms with E-state index in [1.807, 2.05) is 27.7 Å². The minimum Gasteiger partial charge on any atom is -0.463 e. The van der Waals surface area contributed by atoms with Crippen LogP contribution >= 0.6 is 59.3 Å². The summed E-state index contributed by atoms with van der Waals surface area (Å²) in [6.07, 6.45) is 0.742. The number of nitrogens with zero attached hydrogens (tertiary/aromatic N) is 2. The number of unbranched alkanes of at least 4 members (excludes halogenated alkanes) is 6. The second-order valence-corrected chi connectivity index (χ2v) is 30.8. The van der Waals surface area contributed by atoms with Crippen molar-refractivity contribution in [3.8, 4) is 0 Å². The van der Waals surface area contributed by atoms with Gasteiger partial charge in [-0.1, -0.05) is 58.3 Å². The fourth-order valence-corrected chi connectivity index (χ4v) is 14.8. The van der Waals surface area contributed by atoms with Crippen molar-refractivity contribution in [3.05, 3.63) is 33.7 Å². The zero-order valence-electron chi connectivity index (χ0n) is 59.1. The molecule has 2 aliphatic heterocycles. The Morgan fingerprint density at radius 3 is 1.41 bits per heavy atom. The van der Waals surface area contributed by atoms with E-state index in [2.05, 4.69) is 26.9 Å². The van der Waals surface area contributed by atoms with Crippen LogP contribution in [0.5, 0.6) is 0 Å². The van der Waals surface area contributed by atoms with E-state index in [0.29, 0.717) is 123 Å². The van der Waals surface area contributed by atoms with Gasteiger partial charge >= 0.3 is 17.9 Å². The largest absolute Gasteiger partial charge is 0.463 e. The first-order valence-electron chi connectivity index (χ1n) is 33.6. The van der Waals surface area contributed by atoms with Crippen molar-refractivity contribution in [1.29, 1.82) is 0 Å². The Hall–Kier alpha value is -4.20. The maximum absolute atomic E-state index is 12.3. The molecule has 0 bridgehead atoms. The van der Waals surface area contributed by atoms with Crippen LogP contribution in [0.15, 0.2) is 10.8 Å². The minimum atomic E-state index is -1.35. The van der Waals surface area contributed by atoms with E-state index in [9.17, 15) is 58.5 Å². The summed E-state index contributed by atoms with van der Waals surface area (Å²) in [5, 5.41) is 34.9. The van der Waals surface area contributed by atoms with Gasteiger partial charge in [0.1, 0.15) is 71.4 Å². The van der Waals surface area contributed by atoms with E-state index < -0.39 is 107 Å². The highest BCUT2D eigenvalue weighted by atomic mass is 32.2. The molecule has 0 aromatic rings. The number of amides is 2. The zero-order chi connectivity index (χ0) is 74.2. The second-order valence-electron chi connectivity index (χ2n) is 23.7. The molecule has 27 nitrogen and oxygen atoms in total.